The molecule has 0 saturated heterocycles. The highest BCUT2D eigenvalue weighted by molar-refractivity contribution is 6.43. The molecule has 0 aliphatic rings. The number of ketones is 1. The van der Waals surface area contributed by atoms with Crippen LogP contribution < -0.4 is 4.43 Å². The van der Waals surface area contributed by atoms with E-state index in [0.29, 0.717) is 11.3 Å². The van der Waals surface area contributed by atoms with E-state index in [1.807, 2.05) is 13.1 Å². The fourth-order valence-electron chi connectivity index (χ4n) is 1.68. The molecule has 0 spiro atoms. The predicted molar refractivity (Wildman–Crippen MR) is 83.8 cm³/mol. The summed E-state index contributed by atoms with van der Waals surface area (Å²) in [5.74, 6) is 0.616. The molecule has 0 heterocycles. The van der Waals surface area contributed by atoms with Crippen LogP contribution in [0.1, 0.15) is 24.2 Å². The van der Waals surface area contributed by atoms with Crippen molar-refractivity contribution in [2.45, 2.75) is 32.5 Å². The van der Waals surface area contributed by atoms with Crippen LogP contribution in [0.3, 0.4) is 0 Å². The molecule has 5 nitrogen and oxygen atoms in total. The van der Waals surface area contributed by atoms with Crippen molar-refractivity contribution in [1.29, 1.82) is 0 Å². The Morgan fingerprint density at radius 3 is 2.00 bits per heavy atom. The Morgan fingerprint density at radius 1 is 1.00 bits per heavy atom. The molecular weight excluding hydrogens is 304 g/mol. The average Bonchev–Trinajstić information content (AvgIpc) is 2.46. The molecule has 0 aliphatic heterocycles. The molecule has 0 aliphatic carbocycles. The molecular formula is C14H22O5Si2. The van der Waals surface area contributed by atoms with Crippen molar-refractivity contribution in [3.63, 3.8) is 0 Å². The summed E-state index contributed by atoms with van der Waals surface area (Å²) in [5, 5.41) is 0. The van der Waals surface area contributed by atoms with Gasteiger partial charge in [-0.2, -0.15) is 0 Å². The summed E-state index contributed by atoms with van der Waals surface area (Å²) >= 11 is 0. The molecule has 7 heteroatoms. The van der Waals surface area contributed by atoms with E-state index in [9.17, 15) is 4.79 Å². The number of benzene rings is 1. The van der Waals surface area contributed by atoms with Gasteiger partial charge in [-0.15, -0.1) is 0 Å². The topological polar surface area (TPSA) is 54.0 Å². The Hall–Kier alpha value is -0.996. The van der Waals surface area contributed by atoms with E-state index in [4.69, 9.17) is 17.7 Å². The zero-order valence-corrected chi connectivity index (χ0v) is 15.4. The lowest BCUT2D eigenvalue weighted by molar-refractivity contribution is 0.0488. The van der Waals surface area contributed by atoms with Crippen LogP contribution >= 0.6 is 0 Å². The van der Waals surface area contributed by atoms with Crippen LogP contribution in [0.5, 0.6) is 5.75 Å². The van der Waals surface area contributed by atoms with Crippen LogP contribution in [0.25, 0.3) is 0 Å². The lowest BCUT2D eigenvalue weighted by Gasteiger charge is -2.26. The summed E-state index contributed by atoms with van der Waals surface area (Å²) in [6.07, 6.45) is 0. The zero-order chi connectivity index (χ0) is 16.0. The molecule has 0 fully saturated rings. The van der Waals surface area contributed by atoms with E-state index in [1.54, 1.807) is 52.3 Å². The molecule has 21 heavy (non-hydrogen) atoms. The van der Waals surface area contributed by atoms with Crippen LogP contribution in [-0.2, 0) is 13.3 Å². The van der Waals surface area contributed by atoms with Gasteiger partial charge in [0.1, 0.15) is 11.4 Å². The summed E-state index contributed by atoms with van der Waals surface area (Å²) in [6, 6.07) is 7.01. The Labute approximate surface area is 129 Å². The summed E-state index contributed by atoms with van der Waals surface area (Å²) in [5.41, 5.74) is -0.325. The van der Waals surface area contributed by atoms with E-state index < -0.39 is 24.2 Å². The van der Waals surface area contributed by atoms with Gasteiger partial charge >= 0.3 is 18.6 Å². The molecule has 1 aromatic carbocycles. The lowest BCUT2D eigenvalue weighted by atomic mass is 9.97. The Balaban J connectivity index is 2.78. The minimum atomic E-state index is -1.42. The van der Waals surface area contributed by atoms with Gasteiger partial charge in [0.15, 0.2) is 5.78 Å². The molecule has 2 radical (unpaired) electrons. The highest BCUT2D eigenvalue weighted by Gasteiger charge is 2.32. The quantitative estimate of drug-likeness (QED) is 0.543. The fourth-order valence-corrected chi connectivity index (χ4v) is 3.12. The summed E-state index contributed by atoms with van der Waals surface area (Å²) in [6.45, 7) is 7.26. The third-order valence-electron chi connectivity index (χ3n) is 2.90. The molecule has 0 amide bonds. The van der Waals surface area contributed by atoms with E-state index in [1.165, 1.54) is 0 Å². The highest BCUT2D eigenvalue weighted by atomic mass is 28.3. The van der Waals surface area contributed by atoms with Crippen molar-refractivity contribution < 1.29 is 22.5 Å². The first kappa shape index (κ1) is 18.1. The zero-order valence-electron chi connectivity index (χ0n) is 13.4. The minimum absolute atomic E-state index is 0.0794. The van der Waals surface area contributed by atoms with Crippen molar-refractivity contribution in [3.8, 4) is 5.75 Å². The van der Waals surface area contributed by atoms with Crippen LogP contribution in [-0.4, -0.2) is 44.2 Å². The number of Topliss-reactive ketones (excluding diaryl/α,β-unsaturated/α-hetero) is 1. The van der Waals surface area contributed by atoms with Gasteiger partial charge in [-0.05, 0) is 51.2 Å². The van der Waals surface area contributed by atoms with Gasteiger partial charge in [0, 0.05) is 19.8 Å². The SMILES string of the molecule is CO[Si](C)Oc1ccc(C(=O)C(C)(C)O[Si](C)OC)cc1. The van der Waals surface area contributed by atoms with Gasteiger partial charge in [0.2, 0.25) is 0 Å². The van der Waals surface area contributed by atoms with Crippen molar-refractivity contribution in [2.24, 2.45) is 0 Å². The first-order chi connectivity index (χ1) is 9.80. The lowest BCUT2D eigenvalue weighted by Crippen LogP contribution is -2.40. The Kier molecular flexibility index (Phi) is 6.75. The monoisotopic (exact) mass is 326 g/mol. The molecule has 0 N–H and O–H groups in total. The predicted octanol–water partition coefficient (Wildman–Crippen LogP) is 2.57. The third-order valence-corrected chi connectivity index (χ3v) is 5.37. The Bertz CT molecular complexity index is 461. The van der Waals surface area contributed by atoms with E-state index in [2.05, 4.69) is 0 Å². The number of carbonyl (C=O) groups is 1. The minimum Gasteiger partial charge on any atom is -0.519 e. The molecule has 0 unspecified atom stereocenters. The van der Waals surface area contributed by atoms with Crippen LogP contribution in [0.2, 0.25) is 13.1 Å². The average molecular weight is 326 g/mol. The number of carbonyl (C=O) groups excluding carboxylic acids is 1. The number of hydrogen-bond donors (Lipinski definition) is 0. The van der Waals surface area contributed by atoms with Gasteiger partial charge in [-0.1, -0.05) is 0 Å². The highest BCUT2D eigenvalue weighted by Crippen LogP contribution is 2.21. The second-order valence-electron chi connectivity index (χ2n) is 4.96. The van der Waals surface area contributed by atoms with E-state index in [-0.39, 0.29) is 5.78 Å². The summed E-state index contributed by atoms with van der Waals surface area (Å²) in [7, 11) is 0.495. The van der Waals surface area contributed by atoms with Gasteiger partial charge in [-0.3, -0.25) is 4.79 Å². The second kappa shape index (κ2) is 7.85. The van der Waals surface area contributed by atoms with E-state index in [0.717, 1.165) is 0 Å². The van der Waals surface area contributed by atoms with E-state index >= 15 is 0 Å². The maximum absolute atomic E-state index is 12.5. The normalized spacial score (nSPS) is 12.0. The fraction of sp³-hybridized carbons (Fsp3) is 0.500. The molecule has 0 bridgehead atoms. The van der Waals surface area contributed by atoms with Crippen LogP contribution in [0.4, 0.5) is 0 Å². The van der Waals surface area contributed by atoms with Crippen molar-refractivity contribution in [3.05, 3.63) is 29.8 Å². The summed E-state index contributed by atoms with van der Waals surface area (Å²) in [4.78, 5) is 12.5. The maximum Gasteiger partial charge on any atom is 0.454 e. The Morgan fingerprint density at radius 2 is 1.52 bits per heavy atom. The first-order valence-corrected chi connectivity index (χ1v) is 10.2. The number of rotatable bonds is 8. The van der Waals surface area contributed by atoms with Crippen LogP contribution in [0, 0.1) is 0 Å². The first-order valence-electron chi connectivity index (χ1n) is 6.57. The maximum atomic E-state index is 12.5. The van der Waals surface area contributed by atoms with Gasteiger partial charge in [-0.25, -0.2) is 0 Å². The van der Waals surface area contributed by atoms with Gasteiger partial charge in [0.05, 0.1) is 0 Å². The van der Waals surface area contributed by atoms with Gasteiger partial charge in [0.25, 0.3) is 0 Å². The van der Waals surface area contributed by atoms with Gasteiger partial charge < -0.3 is 17.7 Å². The molecule has 1 rings (SSSR count). The van der Waals surface area contributed by atoms with Crippen molar-refractivity contribution in [2.75, 3.05) is 14.2 Å². The standard InChI is InChI=1S/C14H22O5Si2/c1-14(2,19-21(6)17-4)13(15)11-7-9-12(10-8-11)18-20(5)16-3/h7-10H,1-6H3. The molecule has 0 aromatic heterocycles. The summed E-state index contributed by atoms with van der Waals surface area (Å²) < 4.78 is 21.6. The second-order valence-corrected chi connectivity index (χ2v) is 8.15. The largest absolute Gasteiger partial charge is 0.519 e. The van der Waals surface area contributed by atoms with Crippen molar-refractivity contribution in [1.82, 2.24) is 0 Å². The molecule has 0 saturated carbocycles. The molecule has 116 valence electrons. The van der Waals surface area contributed by atoms with Crippen molar-refractivity contribution >= 4 is 24.4 Å². The third kappa shape index (κ3) is 5.36. The molecule has 0 atom stereocenters. The molecule has 1 aromatic rings. The number of hydrogen-bond acceptors (Lipinski definition) is 5. The smallest absolute Gasteiger partial charge is 0.454 e. The van der Waals surface area contributed by atoms with Crippen LogP contribution in [0.15, 0.2) is 24.3 Å².